The molecule has 2 aliphatic rings. The molecule has 3 rings (SSSR count). The van der Waals surface area contributed by atoms with Gasteiger partial charge < -0.3 is 14.9 Å². The molecule has 152 valence electrons. The summed E-state index contributed by atoms with van der Waals surface area (Å²) in [5, 5.41) is 10.2. The summed E-state index contributed by atoms with van der Waals surface area (Å²) in [6, 6.07) is 5.39. The summed E-state index contributed by atoms with van der Waals surface area (Å²) in [6.07, 6.45) is -3.53. The van der Waals surface area contributed by atoms with Crippen molar-refractivity contribution >= 4 is 24.0 Å². The van der Waals surface area contributed by atoms with E-state index in [-0.39, 0.29) is 18.3 Å². The van der Waals surface area contributed by atoms with Gasteiger partial charge >= 0.3 is 6.18 Å². The summed E-state index contributed by atoms with van der Waals surface area (Å²) < 4.78 is 38.6. The van der Waals surface area contributed by atoms with Crippen LogP contribution in [0.15, 0.2) is 24.3 Å². The van der Waals surface area contributed by atoms with Crippen LogP contribution in [0.4, 0.5) is 18.9 Å². The molecule has 0 bridgehead atoms. The van der Waals surface area contributed by atoms with Crippen molar-refractivity contribution in [3.05, 3.63) is 29.8 Å². The van der Waals surface area contributed by atoms with Crippen LogP contribution in [-0.2, 0) is 11.0 Å². The minimum absolute atomic E-state index is 0. The third kappa shape index (κ3) is 5.73. The highest BCUT2D eigenvalue weighted by Crippen LogP contribution is 2.31. The molecule has 1 N–H and O–H groups in total. The molecule has 2 heterocycles. The zero-order chi connectivity index (χ0) is 18.7. The minimum Gasteiger partial charge on any atom is -0.390 e. The van der Waals surface area contributed by atoms with Crippen molar-refractivity contribution in [2.45, 2.75) is 25.1 Å². The van der Waals surface area contributed by atoms with Gasteiger partial charge in [-0.25, -0.2) is 0 Å². The van der Waals surface area contributed by atoms with Crippen LogP contribution in [0.2, 0.25) is 0 Å². The maximum absolute atomic E-state index is 12.9. The topological polar surface area (TPSA) is 47.0 Å². The first-order chi connectivity index (χ1) is 12.3. The Morgan fingerprint density at radius 1 is 1.07 bits per heavy atom. The molecule has 1 amide bonds. The predicted molar refractivity (Wildman–Crippen MR) is 99.2 cm³/mol. The summed E-state index contributed by atoms with van der Waals surface area (Å²) in [7, 11) is 0. The summed E-state index contributed by atoms with van der Waals surface area (Å²) in [6.45, 7) is 4.09. The minimum atomic E-state index is -4.34. The van der Waals surface area contributed by atoms with Crippen LogP contribution < -0.4 is 4.90 Å². The molecule has 5 nitrogen and oxygen atoms in total. The lowest BCUT2D eigenvalue weighted by Gasteiger charge is -2.37. The number of rotatable bonds is 5. The average molecular weight is 408 g/mol. The molecular weight excluding hydrogens is 383 g/mol. The first-order valence-electron chi connectivity index (χ1n) is 8.93. The summed E-state index contributed by atoms with van der Waals surface area (Å²) in [4.78, 5) is 17.3. The van der Waals surface area contributed by atoms with Crippen LogP contribution in [0.5, 0.6) is 0 Å². The number of anilines is 1. The first-order valence-corrected chi connectivity index (χ1v) is 8.93. The number of aliphatic hydroxyl groups is 1. The number of alkyl halides is 3. The van der Waals surface area contributed by atoms with Crippen LogP contribution >= 0.6 is 12.4 Å². The zero-order valence-corrected chi connectivity index (χ0v) is 15.8. The molecule has 2 saturated heterocycles. The molecule has 0 saturated carbocycles. The molecular formula is C18H25ClF3N3O2. The van der Waals surface area contributed by atoms with E-state index < -0.39 is 17.8 Å². The van der Waals surface area contributed by atoms with Gasteiger partial charge in [0, 0.05) is 57.9 Å². The van der Waals surface area contributed by atoms with Crippen LogP contribution in [0.25, 0.3) is 0 Å². The lowest BCUT2D eigenvalue weighted by Crippen LogP contribution is -2.50. The SMILES string of the molecule is Cl.O=C1CCCN1CC(O)CN1CCN(c2cccc(C(F)(F)F)c2)CC1. The highest BCUT2D eigenvalue weighted by Gasteiger charge is 2.31. The van der Waals surface area contributed by atoms with E-state index in [9.17, 15) is 23.1 Å². The fourth-order valence-electron chi connectivity index (χ4n) is 3.57. The van der Waals surface area contributed by atoms with Gasteiger partial charge in [0.15, 0.2) is 0 Å². The number of likely N-dealkylation sites (tertiary alicyclic amines) is 1. The molecule has 9 heteroatoms. The Morgan fingerprint density at radius 3 is 2.37 bits per heavy atom. The van der Waals surface area contributed by atoms with E-state index in [0.29, 0.717) is 57.9 Å². The summed E-state index contributed by atoms with van der Waals surface area (Å²) in [5.74, 6) is 0.0958. The molecule has 1 unspecified atom stereocenters. The molecule has 27 heavy (non-hydrogen) atoms. The first kappa shape index (κ1) is 21.8. The van der Waals surface area contributed by atoms with Crippen molar-refractivity contribution < 1.29 is 23.1 Å². The van der Waals surface area contributed by atoms with Gasteiger partial charge in [-0.15, -0.1) is 12.4 Å². The molecule has 1 atom stereocenters. The third-order valence-corrected chi connectivity index (χ3v) is 4.98. The number of benzene rings is 1. The fourth-order valence-corrected chi connectivity index (χ4v) is 3.57. The fraction of sp³-hybridized carbons (Fsp3) is 0.611. The van der Waals surface area contributed by atoms with Crippen LogP contribution in [0.3, 0.4) is 0 Å². The van der Waals surface area contributed by atoms with Gasteiger partial charge in [0.25, 0.3) is 0 Å². The second-order valence-corrected chi connectivity index (χ2v) is 6.93. The van der Waals surface area contributed by atoms with E-state index in [1.807, 2.05) is 4.90 Å². The number of halogens is 4. The number of aliphatic hydroxyl groups excluding tert-OH is 1. The second kappa shape index (κ2) is 9.12. The smallest absolute Gasteiger partial charge is 0.390 e. The van der Waals surface area contributed by atoms with E-state index in [1.165, 1.54) is 12.1 Å². The van der Waals surface area contributed by atoms with Crippen molar-refractivity contribution in [2.75, 3.05) is 50.7 Å². The second-order valence-electron chi connectivity index (χ2n) is 6.93. The maximum atomic E-state index is 12.9. The number of hydrogen-bond donors (Lipinski definition) is 1. The molecule has 0 radical (unpaired) electrons. The van der Waals surface area contributed by atoms with Crippen molar-refractivity contribution in [1.82, 2.24) is 9.80 Å². The van der Waals surface area contributed by atoms with Gasteiger partial charge in [-0.1, -0.05) is 6.07 Å². The number of carbonyl (C=O) groups excluding carboxylic acids is 1. The van der Waals surface area contributed by atoms with E-state index >= 15 is 0 Å². The number of carbonyl (C=O) groups is 1. The molecule has 2 aliphatic heterocycles. The Morgan fingerprint density at radius 2 is 1.78 bits per heavy atom. The Bertz CT molecular complexity index is 637. The number of amides is 1. The molecule has 0 aliphatic carbocycles. The van der Waals surface area contributed by atoms with Crippen LogP contribution in [0.1, 0.15) is 18.4 Å². The summed E-state index contributed by atoms with van der Waals surface area (Å²) in [5.41, 5.74) is -0.0641. The van der Waals surface area contributed by atoms with E-state index in [2.05, 4.69) is 4.90 Å². The number of hydrogen-bond acceptors (Lipinski definition) is 4. The molecule has 1 aromatic carbocycles. The highest BCUT2D eigenvalue weighted by atomic mass is 35.5. The molecule has 0 aromatic heterocycles. The summed E-state index contributed by atoms with van der Waals surface area (Å²) >= 11 is 0. The largest absolute Gasteiger partial charge is 0.416 e. The number of nitrogens with zero attached hydrogens (tertiary/aromatic N) is 3. The quantitative estimate of drug-likeness (QED) is 0.813. The van der Waals surface area contributed by atoms with Gasteiger partial charge in [0.2, 0.25) is 5.91 Å². The van der Waals surface area contributed by atoms with Crippen molar-refractivity contribution in [3.8, 4) is 0 Å². The van der Waals surface area contributed by atoms with E-state index in [0.717, 1.165) is 12.5 Å². The highest BCUT2D eigenvalue weighted by molar-refractivity contribution is 5.85. The van der Waals surface area contributed by atoms with Crippen molar-refractivity contribution in [3.63, 3.8) is 0 Å². The van der Waals surface area contributed by atoms with Gasteiger partial charge in [0.1, 0.15) is 0 Å². The number of piperazine rings is 1. The molecule has 1 aromatic rings. The molecule has 2 fully saturated rings. The van der Waals surface area contributed by atoms with Crippen LogP contribution in [0, 0.1) is 0 Å². The Balaban J connectivity index is 0.00000261. The standard InChI is InChI=1S/C18H24F3N3O2.ClH/c19-18(20,21)14-3-1-4-15(11-14)23-9-7-22(8-10-23)12-16(25)13-24-6-2-5-17(24)26;/h1,3-4,11,16,25H,2,5-10,12-13H2;1H. The lowest BCUT2D eigenvalue weighted by molar-refractivity contribution is -0.137. The van der Waals surface area contributed by atoms with E-state index in [1.54, 1.807) is 11.0 Å². The number of β-amino-alcohol motifs (C(OH)–C–C–N with tert-alkyl or cyclic N) is 1. The van der Waals surface area contributed by atoms with Gasteiger partial charge in [-0.2, -0.15) is 13.2 Å². The van der Waals surface area contributed by atoms with Gasteiger partial charge in [-0.3, -0.25) is 9.69 Å². The lowest BCUT2D eigenvalue weighted by atomic mass is 10.1. The average Bonchev–Trinajstić information content (AvgIpc) is 2.99. The van der Waals surface area contributed by atoms with Crippen LogP contribution in [-0.4, -0.2) is 72.7 Å². The van der Waals surface area contributed by atoms with Crippen molar-refractivity contribution in [1.29, 1.82) is 0 Å². The monoisotopic (exact) mass is 407 g/mol. The van der Waals surface area contributed by atoms with Gasteiger partial charge in [0.05, 0.1) is 11.7 Å². The Hall–Kier alpha value is -1.51. The Kier molecular flexibility index (Phi) is 7.36. The normalized spacial score (nSPS) is 19.9. The predicted octanol–water partition coefficient (Wildman–Crippen LogP) is 2.23. The molecule has 0 spiro atoms. The van der Waals surface area contributed by atoms with E-state index in [4.69, 9.17) is 0 Å². The Labute approximate surface area is 163 Å². The third-order valence-electron chi connectivity index (χ3n) is 4.98. The van der Waals surface area contributed by atoms with Gasteiger partial charge in [-0.05, 0) is 24.6 Å². The zero-order valence-electron chi connectivity index (χ0n) is 15.0. The maximum Gasteiger partial charge on any atom is 0.416 e. The van der Waals surface area contributed by atoms with Crippen molar-refractivity contribution in [2.24, 2.45) is 0 Å².